The molecule has 1 saturated carbocycles. The highest BCUT2D eigenvalue weighted by Crippen LogP contribution is 2.30. The molecular formula is C13H15N3O2. The number of carboxylic acid groups (broad SMARTS) is 1. The number of aromatic nitrogens is 2. The molecule has 2 aromatic heterocycles. The third-order valence-corrected chi connectivity index (χ3v) is 3.44. The Kier molecular flexibility index (Phi) is 2.47. The first-order valence-electron chi connectivity index (χ1n) is 6.06. The molecule has 0 radical (unpaired) electrons. The number of H-pyrrole nitrogens is 1. The zero-order chi connectivity index (χ0) is 12.7. The van der Waals surface area contributed by atoms with Gasteiger partial charge in [-0.2, -0.15) is 0 Å². The average molecular weight is 245 g/mol. The molecule has 3 rings (SSSR count). The molecular weight excluding hydrogens is 230 g/mol. The van der Waals surface area contributed by atoms with Gasteiger partial charge >= 0.3 is 5.97 Å². The summed E-state index contributed by atoms with van der Waals surface area (Å²) in [7, 11) is 2.04. The maximum Gasteiger partial charge on any atom is 0.307 e. The van der Waals surface area contributed by atoms with Crippen molar-refractivity contribution in [1.29, 1.82) is 0 Å². The van der Waals surface area contributed by atoms with E-state index in [9.17, 15) is 4.79 Å². The lowest BCUT2D eigenvalue weighted by Crippen LogP contribution is -2.20. The smallest absolute Gasteiger partial charge is 0.307 e. The molecule has 5 nitrogen and oxygen atoms in total. The van der Waals surface area contributed by atoms with E-state index in [1.165, 1.54) is 12.8 Å². The Hall–Kier alpha value is -2.04. The molecule has 2 aromatic rings. The van der Waals surface area contributed by atoms with E-state index in [0.717, 1.165) is 22.3 Å². The van der Waals surface area contributed by atoms with E-state index in [4.69, 9.17) is 5.11 Å². The number of aromatic amines is 1. The van der Waals surface area contributed by atoms with Crippen LogP contribution in [0.1, 0.15) is 18.4 Å². The van der Waals surface area contributed by atoms with Crippen LogP contribution in [0.25, 0.3) is 10.9 Å². The fourth-order valence-corrected chi connectivity index (χ4v) is 2.22. The number of nitrogens with zero attached hydrogens (tertiary/aromatic N) is 2. The summed E-state index contributed by atoms with van der Waals surface area (Å²) in [5.41, 5.74) is 1.70. The van der Waals surface area contributed by atoms with E-state index in [1.54, 1.807) is 12.4 Å². The second-order valence-corrected chi connectivity index (χ2v) is 4.81. The third-order valence-electron chi connectivity index (χ3n) is 3.44. The van der Waals surface area contributed by atoms with Crippen LogP contribution < -0.4 is 4.90 Å². The van der Waals surface area contributed by atoms with Crippen LogP contribution >= 0.6 is 0 Å². The minimum Gasteiger partial charge on any atom is -0.481 e. The van der Waals surface area contributed by atoms with Gasteiger partial charge in [-0.15, -0.1) is 0 Å². The quantitative estimate of drug-likeness (QED) is 0.861. The number of carbonyl (C=O) groups is 1. The van der Waals surface area contributed by atoms with E-state index in [2.05, 4.69) is 14.9 Å². The van der Waals surface area contributed by atoms with Gasteiger partial charge in [-0.25, -0.2) is 4.98 Å². The minimum atomic E-state index is -0.815. The molecule has 0 amide bonds. The molecule has 18 heavy (non-hydrogen) atoms. The average Bonchev–Trinajstić information content (AvgIpc) is 3.12. The number of rotatable bonds is 4. The summed E-state index contributed by atoms with van der Waals surface area (Å²) in [4.78, 5) is 20.4. The summed E-state index contributed by atoms with van der Waals surface area (Å²) in [6.07, 6.45) is 5.99. The molecule has 1 fully saturated rings. The number of pyridine rings is 1. The predicted octanol–water partition coefficient (Wildman–Crippen LogP) is 1.79. The molecule has 5 heteroatoms. The highest BCUT2D eigenvalue weighted by atomic mass is 16.4. The fourth-order valence-electron chi connectivity index (χ4n) is 2.22. The van der Waals surface area contributed by atoms with E-state index in [-0.39, 0.29) is 6.42 Å². The van der Waals surface area contributed by atoms with Crippen molar-refractivity contribution in [2.24, 2.45) is 0 Å². The molecule has 0 aliphatic heterocycles. The molecule has 0 saturated heterocycles. The largest absolute Gasteiger partial charge is 0.481 e. The van der Waals surface area contributed by atoms with Crippen molar-refractivity contribution in [2.75, 3.05) is 11.9 Å². The van der Waals surface area contributed by atoms with E-state index in [0.29, 0.717) is 6.04 Å². The number of hydrogen-bond acceptors (Lipinski definition) is 3. The van der Waals surface area contributed by atoms with Gasteiger partial charge in [0.1, 0.15) is 5.82 Å². The Balaban J connectivity index is 2.00. The van der Waals surface area contributed by atoms with Gasteiger partial charge in [0.15, 0.2) is 0 Å². The van der Waals surface area contributed by atoms with E-state index >= 15 is 0 Å². The number of fused-ring (bicyclic) bond motifs is 1. The summed E-state index contributed by atoms with van der Waals surface area (Å²) in [6.45, 7) is 0. The Labute approximate surface area is 104 Å². The monoisotopic (exact) mass is 245 g/mol. The van der Waals surface area contributed by atoms with Crippen molar-refractivity contribution >= 4 is 22.7 Å². The molecule has 1 aliphatic carbocycles. The van der Waals surface area contributed by atoms with Crippen molar-refractivity contribution < 1.29 is 9.90 Å². The zero-order valence-corrected chi connectivity index (χ0v) is 10.2. The summed E-state index contributed by atoms with van der Waals surface area (Å²) in [6, 6.07) is 2.57. The molecule has 1 aliphatic rings. The van der Waals surface area contributed by atoms with Crippen molar-refractivity contribution in [1.82, 2.24) is 9.97 Å². The van der Waals surface area contributed by atoms with Crippen LogP contribution in [-0.4, -0.2) is 34.1 Å². The van der Waals surface area contributed by atoms with Crippen LogP contribution in [0.2, 0.25) is 0 Å². The second kappa shape index (κ2) is 4.01. The van der Waals surface area contributed by atoms with E-state index < -0.39 is 5.97 Å². The van der Waals surface area contributed by atoms with Gasteiger partial charge in [-0.1, -0.05) is 0 Å². The SMILES string of the molecule is CN(c1cc2c(CC(=O)O)c[nH]c2cn1)C1CC1. The lowest BCUT2D eigenvalue weighted by Gasteiger charge is -2.17. The lowest BCUT2D eigenvalue weighted by molar-refractivity contribution is -0.136. The Morgan fingerprint density at radius 2 is 2.39 bits per heavy atom. The first kappa shape index (κ1) is 11.1. The molecule has 0 aromatic carbocycles. The molecule has 0 atom stereocenters. The molecule has 0 spiro atoms. The van der Waals surface area contributed by atoms with Crippen molar-refractivity contribution in [3.05, 3.63) is 24.0 Å². The van der Waals surface area contributed by atoms with Gasteiger partial charge in [-0.05, 0) is 24.5 Å². The van der Waals surface area contributed by atoms with Gasteiger partial charge in [0.25, 0.3) is 0 Å². The molecule has 2 N–H and O–H groups in total. The Morgan fingerprint density at radius 1 is 1.61 bits per heavy atom. The van der Waals surface area contributed by atoms with Crippen LogP contribution in [0.15, 0.2) is 18.5 Å². The van der Waals surface area contributed by atoms with E-state index in [1.807, 2.05) is 13.1 Å². The van der Waals surface area contributed by atoms with Crippen LogP contribution in [0.3, 0.4) is 0 Å². The number of aliphatic carboxylic acids is 1. The Bertz CT molecular complexity index is 601. The Morgan fingerprint density at radius 3 is 3.06 bits per heavy atom. The highest BCUT2D eigenvalue weighted by molar-refractivity contribution is 5.88. The van der Waals surface area contributed by atoms with Crippen LogP contribution in [0, 0.1) is 0 Å². The predicted molar refractivity (Wildman–Crippen MR) is 68.9 cm³/mol. The third kappa shape index (κ3) is 1.92. The summed E-state index contributed by atoms with van der Waals surface area (Å²) in [5.74, 6) is 0.0982. The van der Waals surface area contributed by atoms with Crippen LogP contribution in [0.5, 0.6) is 0 Å². The number of carboxylic acids is 1. The number of anilines is 1. The lowest BCUT2D eigenvalue weighted by atomic mass is 10.1. The minimum absolute atomic E-state index is 0.0383. The van der Waals surface area contributed by atoms with Crippen LogP contribution in [-0.2, 0) is 11.2 Å². The van der Waals surface area contributed by atoms with Crippen molar-refractivity contribution in [3.8, 4) is 0 Å². The van der Waals surface area contributed by atoms with Gasteiger partial charge in [0.05, 0.1) is 18.1 Å². The topological polar surface area (TPSA) is 69.2 Å². The number of nitrogens with one attached hydrogen (secondary N) is 1. The van der Waals surface area contributed by atoms with Crippen LogP contribution in [0.4, 0.5) is 5.82 Å². The van der Waals surface area contributed by atoms with Gasteiger partial charge in [0, 0.05) is 24.7 Å². The standard InChI is InChI=1S/C13H15N3O2/c1-16(9-2-3-9)12-5-10-8(4-13(17)18)6-14-11(10)7-15-12/h5-7,9,14H,2-4H2,1H3,(H,17,18). The van der Waals surface area contributed by atoms with Gasteiger partial charge in [0.2, 0.25) is 0 Å². The van der Waals surface area contributed by atoms with Gasteiger partial charge in [-0.3, -0.25) is 4.79 Å². The summed E-state index contributed by atoms with van der Waals surface area (Å²) in [5, 5.41) is 9.84. The molecule has 0 unspecified atom stereocenters. The maximum absolute atomic E-state index is 10.8. The highest BCUT2D eigenvalue weighted by Gasteiger charge is 2.27. The summed E-state index contributed by atoms with van der Waals surface area (Å²) >= 11 is 0. The summed E-state index contributed by atoms with van der Waals surface area (Å²) < 4.78 is 0. The zero-order valence-electron chi connectivity index (χ0n) is 10.2. The molecule has 0 bridgehead atoms. The second-order valence-electron chi connectivity index (χ2n) is 4.81. The first-order chi connectivity index (χ1) is 8.65. The molecule has 2 heterocycles. The van der Waals surface area contributed by atoms with Gasteiger partial charge < -0.3 is 15.0 Å². The fraction of sp³-hybridized carbons (Fsp3) is 0.385. The van der Waals surface area contributed by atoms with Crippen molar-refractivity contribution in [2.45, 2.75) is 25.3 Å². The maximum atomic E-state index is 10.8. The van der Waals surface area contributed by atoms with Crippen molar-refractivity contribution in [3.63, 3.8) is 0 Å². The normalized spacial score (nSPS) is 14.9. The number of hydrogen-bond donors (Lipinski definition) is 2. The first-order valence-corrected chi connectivity index (χ1v) is 6.06. The molecule has 94 valence electrons.